The van der Waals surface area contributed by atoms with Gasteiger partial charge in [-0.1, -0.05) is 81.0 Å². The van der Waals surface area contributed by atoms with E-state index in [1.165, 1.54) is 11.1 Å². The topological polar surface area (TPSA) is 9.23 Å². The highest BCUT2D eigenvalue weighted by molar-refractivity contribution is 14.1. The van der Waals surface area contributed by atoms with Crippen LogP contribution < -0.4 is 0 Å². The minimum Gasteiger partial charge on any atom is -0.365 e. The molecular weight excluding hydrogens is 415 g/mol. The molecule has 3 heteroatoms. The van der Waals surface area contributed by atoms with Crippen LogP contribution in [0, 0.1) is 0 Å². The molecular formula is C16H16BrIO. The van der Waals surface area contributed by atoms with Gasteiger partial charge in [0.2, 0.25) is 0 Å². The van der Waals surface area contributed by atoms with Crippen LogP contribution in [0.2, 0.25) is 0 Å². The summed E-state index contributed by atoms with van der Waals surface area (Å²) >= 11 is 5.87. The molecule has 0 bridgehead atoms. The second kappa shape index (κ2) is 6.86. The molecule has 1 atom stereocenters. The van der Waals surface area contributed by atoms with Crippen LogP contribution in [-0.4, -0.2) is 4.43 Å². The zero-order valence-corrected chi connectivity index (χ0v) is 14.5. The fourth-order valence-corrected chi connectivity index (χ4v) is 2.97. The lowest BCUT2D eigenvalue weighted by Crippen LogP contribution is -2.27. The van der Waals surface area contributed by atoms with Gasteiger partial charge in [0.05, 0.1) is 12.2 Å². The van der Waals surface area contributed by atoms with Gasteiger partial charge < -0.3 is 4.74 Å². The third-order valence-corrected chi connectivity index (χ3v) is 5.03. The van der Waals surface area contributed by atoms with Crippen LogP contribution in [0.1, 0.15) is 18.1 Å². The van der Waals surface area contributed by atoms with E-state index < -0.39 is 0 Å². The Balaban J connectivity index is 2.11. The van der Waals surface area contributed by atoms with Crippen molar-refractivity contribution in [2.24, 2.45) is 0 Å². The van der Waals surface area contributed by atoms with Gasteiger partial charge in [-0.3, -0.25) is 0 Å². The molecule has 2 aromatic rings. The van der Waals surface area contributed by atoms with E-state index in [1.807, 2.05) is 18.2 Å². The minimum absolute atomic E-state index is 0.246. The number of halogens is 2. The van der Waals surface area contributed by atoms with Crippen LogP contribution in [0.25, 0.3) is 0 Å². The Hall–Kier alpha value is -0.390. The molecule has 0 N–H and O–H groups in total. The Morgan fingerprint density at radius 3 is 2.47 bits per heavy atom. The maximum Gasteiger partial charge on any atom is 0.0996 e. The van der Waals surface area contributed by atoms with Gasteiger partial charge in [0.25, 0.3) is 0 Å². The van der Waals surface area contributed by atoms with E-state index in [1.54, 1.807) is 0 Å². The summed E-state index contributed by atoms with van der Waals surface area (Å²) in [5.41, 5.74) is 2.16. The van der Waals surface area contributed by atoms with E-state index in [2.05, 4.69) is 81.8 Å². The summed E-state index contributed by atoms with van der Waals surface area (Å²) in [6, 6.07) is 18.6. The SMILES string of the molecule is CC(CI)(OCc1cccc(Br)c1)c1ccccc1. The zero-order chi connectivity index (χ0) is 13.7. The Morgan fingerprint density at radius 2 is 1.84 bits per heavy atom. The smallest absolute Gasteiger partial charge is 0.0996 e. The molecule has 0 spiro atoms. The second-order valence-corrected chi connectivity index (χ2v) is 6.33. The van der Waals surface area contributed by atoms with E-state index >= 15 is 0 Å². The van der Waals surface area contributed by atoms with Crippen molar-refractivity contribution in [2.45, 2.75) is 19.1 Å². The molecule has 100 valence electrons. The van der Waals surface area contributed by atoms with Crippen LogP contribution in [-0.2, 0) is 16.9 Å². The second-order valence-electron chi connectivity index (χ2n) is 4.65. The summed E-state index contributed by atoms with van der Waals surface area (Å²) in [6.45, 7) is 2.76. The average Bonchev–Trinajstić information content (AvgIpc) is 2.46. The van der Waals surface area contributed by atoms with Gasteiger partial charge >= 0.3 is 0 Å². The van der Waals surface area contributed by atoms with E-state index in [-0.39, 0.29) is 5.60 Å². The highest BCUT2D eigenvalue weighted by Gasteiger charge is 2.25. The van der Waals surface area contributed by atoms with Crippen molar-refractivity contribution in [3.63, 3.8) is 0 Å². The fourth-order valence-electron chi connectivity index (χ4n) is 1.86. The lowest BCUT2D eigenvalue weighted by atomic mass is 9.98. The van der Waals surface area contributed by atoms with E-state index in [9.17, 15) is 0 Å². The number of hydrogen-bond donors (Lipinski definition) is 0. The minimum atomic E-state index is -0.246. The van der Waals surface area contributed by atoms with Crippen LogP contribution in [0.3, 0.4) is 0 Å². The molecule has 0 radical (unpaired) electrons. The molecule has 19 heavy (non-hydrogen) atoms. The molecule has 0 aliphatic carbocycles. The van der Waals surface area contributed by atoms with Gasteiger partial charge in [0.15, 0.2) is 0 Å². The van der Waals surface area contributed by atoms with E-state index in [0.717, 1.165) is 8.90 Å². The molecule has 0 saturated heterocycles. The predicted molar refractivity (Wildman–Crippen MR) is 91.6 cm³/mol. The van der Waals surface area contributed by atoms with Crippen molar-refractivity contribution in [1.29, 1.82) is 0 Å². The largest absolute Gasteiger partial charge is 0.365 e. The lowest BCUT2D eigenvalue weighted by Gasteiger charge is -2.28. The highest BCUT2D eigenvalue weighted by Crippen LogP contribution is 2.29. The van der Waals surface area contributed by atoms with Crippen molar-refractivity contribution in [3.8, 4) is 0 Å². The standard InChI is InChI=1S/C16H16BrIO/c1-16(12-18,14-7-3-2-4-8-14)19-11-13-6-5-9-15(17)10-13/h2-10H,11-12H2,1H3. The first-order valence-electron chi connectivity index (χ1n) is 6.14. The van der Waals surface area contributed by atoms with Crippen molar-refractivity contribution < 1.29 is 4.74 Å². The molecule has 1 nitrogen and oxygen atoms in total. The molecule has 0 aliphatic heterocycles. The molecule has 0 heterocycles. The first-order chi connectivity index (χ1) is 9.14. The van der Waals surface area contributed by atoms with Gasteiger partial charge in [0, 0.05) is 8.90 Å². The normalized spacial score (nSPS) is 14.1. The molecule has 0 amide bonds. The molecule has 0 saturated carbocycles. The molecule has 0 aliphatic rings. The first-order valence-corrected chi connectivity index (χ1v) is 8.46. The monoisotopic (exact) mass is 430 g/mol. The highest BCUT2D eigenvalue weighted by atomic mass is 127. The Labute approximate surface area is 136 Å². The molecule has 0 fully saturated rings. The summed E-state index contributed by atoms with van der Waals surface area (Å²) < 4.78 is 8.18. The van der Waals surface area contributed by atoms with Crippen molar-refractivity contribution in [2.75, 3.05) is 4.43 Å². The average molecular weight is 431 g/mol. The number of benzene rings is 2. The van der Waals surface area contributed by atoms with Crippen LogP contribution in [0.5, 0.6) is 0 Å². The van der Waals surface area contributed by atoms with Crippen molar-refractivity contribution in [1.82, 2.24) is 0 Å². The van der Waals surface area contributed by atoms with Crippen LogP contribution in [0.4, 0.5) is 0 Å². The van der Waals surface area contributed by atoms with Gasteiger partial charge in [-0.15, -0.1) is 0 Å². The molecule has 2 aromatic carbocycles. The number of alkyl halides is 1. The zero-order valence-electron chi connectivity index (χ0n) is 10.8. The summed E-state index contributed by atoms with van der Waals surface area (Å²) in [4.78, 5) is 0. The number of rotatable bonds is 5. The van der Waals surface area contributed by atoms with Gasteiger partial charge in [-0.2, -0.15) is 0 Å². The summed E-state index contributed by atoms with van der Waals surface area (Å²) in [6.07, 6.45) is 0. The third kappa shape index (κ3) is 4.04. The van der Waals surface area contributed by atoms with Crippen molar-refractivity contribution >= 4 is 38.5 Å². The number of hydrogen-bond acceptors (Lipinski definition) is 1. The predicted octanol–water partition coefficient (Wildman–Crippen LogP) is 5.32. The third-order valence-electron chi connectivity index (χ3n) is 3.09. The summed E-state index contributed by atoms with van der Waals surface area (Å²) in [5, 5.41) is 0. The van der Waals surface area contributed by atoms with E-state index in [4.69, 9.17) is 4.74 Å². The maximum absolute atomic E-state index is 6.18. The maximum atomic E-state index is 6.18. The molecule has 2 rings (SSSR count). The van der Waals surface area contributed by atoms with E-state index in [0.29, 0.717) is 6.61 Å². The summed E-state index contributed by atoms with van der Waals surface area (Å²) in [7, 11) is 0. The van der Waals surface area contributed by atoms with Crippen molar-refractivity contribution in [3.05, 3.63) is 70.2 Å². The van der Waals surface area contributed by atoms with Crippen LogP contribution >= 0.6 is 38.5 Å². The molecule has 1 unspecified atom stereocenters. The van der Waals surface area contributed by atoms with Gasteiger partial charge in [-0.25, -0.2) is 0 Å². The Kier molecular flexibility index (Phi) is 5.42. The number of ether oxygens (including phenoxy) is 1. The first kappa shape index (κ1) is 15.0. The van der Waals surface area contributed by atoms with Gasteiger partial charge in [-0.05, 0) is 30.2 Å². The lowest BCUT2D eigenvalue weighted by molar-refractivity contribution is -0.0276. The van der Waals surface area contributed by atoms with Crippen LogP contribution in [0.15, 0.2) is 59.1 Å². The molecule has 0 aromatic heterocycles. The Morgan fingerprint density at radius 1 is 1.11 bits per heavy atom. The fraction of sp³-hybridized carbons (Fsp3) is 0.250. The Bertz CT molecular complexity index is 529. The quantitative estimate of drug-likeness (QED) is 0.461. The summed E-state index contributed by atoms with van der Waals surface area (Å²) in [5.74, 6) is 0. The van der Waals surface area contributed by atoms with Gasteiger partial charge in [0.1, 0.15) is 0 Å².